The minimum Gasteiger partial charge on any atom is -0.493 e. The summed E-state index contributed by atoms with van der Waals surface area (Å²) in [7, 11) is 3.02. The van der Waals surface area contributed by atoms with Crippen molar-refractivity contribution in [2.24, 2.45) is 0 Å². The molecule has 1 amide bonds. The highest BCUT2D eigenvalue weighted by Gasteiger charge is 2.13. The van der Waals surface area contributed by atoms with Gasteiger partial charge in [-0.1, -0.05) is 23.2 Å². The molecule has 0 radical (unpaired) electrons. The Kier molecular flexibility index (Phi) is 4.94. The van der Waals surface area contributed by atoms with E-state index in [0.29, 0.717) is 32.8 Å². The predicted molar refractivity (Wildman–Crippen MR) is 84.0 cm³/mol. The number of carbonyl (C=O) groups is 1. The molecule has 1 N–H and O–H groups in total. The lowest BCUT2D eigenvalue weighted by molar-refractivity contribution is 0.102. The molecule has 4 nitrogen and oxygen atoms in total. The van der Waals surface area contributed by atoms with Crippen LogP contribution < -0.4 is 14.8 Å². The summed E-state index contributed by atoms with van der Waals surface area (Å²) in [5.41, 5.74) is 0.916. The Labute approximate surface area is 132 Å². The van der Waals surface area contributed by atoms with Gasteiger partial charge in [0.1, 0.15) is 0 Å². The lowest BCUT2D eigenvalue weighted by Crippen LogP contribution is -2.12. The SMILES string of the molecule is COc1cc(Cl)c(NC(=O)c2ccc(Cl)cc2)cc1OC. The number of hydrogen-bond donors (Lipinski definition) is 1. The highest BCUT2D eigenvalue weighted by atomic mass is 35.5. The van der Waals surface area contributed by atoms with Crippen LogP contribution in [0.4, 0.5) is 5.69 Å². The second kappa shape index (κ2) is 6.70. The van der Waals surface area contributed by atoms with E-state index in [4.69, 9.17) is 32.7 Å². The molecule has 6 heteroatoms. The van der Waals surface area contributed by atoms with Gasteiger partial charge < -0.3 is 14.8 Å². The van der Waals surface area contributed by atoms with Gasteiger partial charge in [-0.25, -0.2) is 0 Å². The monoisotopic (exact) mass is 325 g/mol. The highest BCUT2D eigenvalue weighted by Crippen LogP contribution is 2.36. The Bertz CT molecular complexity index is 657. The lowest BCUT2D eigenvalue weighted by Gasteiger charge is -2.12. The first kappa shape index (κ1) is 15.5. The van der Waals surface area contributed by atoms with Crippen molar-refractivity contribution in [3.8, 4) is 11.5 Å². The van der Waals surface area contributed by atoms with Crippen LogP contribution in [-0.4, -0.2) is 20.1 Å². The van der Waals surface area contributed by atoms with E-state index in [0.717, 1.165) is 0 Å². The fourth-order valence-electron chi connectivity index (χ4n) is 1.75. The van der Waals surface area contributed by atoms with Gasteiger partial charge in [0.25, 0.3) is 5.91 Å². The Morgan fingerprint density at radius 1 is 1.00 bits per heavy atom. The van der Waals surface area contributed by atoms with Crippen molar-refractivity contribution in [3.05, 3.63) is 52.0 Å². The second-order valence-electron chi connectivity index (χ2n) is 4.15. The molecule has 0 fully saturated rings. The molecular formula is C15H13Cl2NO3. The first-order chi connectivity index (χ1) is 10.0. The van der Waals surface area contributed by atoms with Crippen molar-refractivity contribution in [2.45, 2.75) is 0 Å². The first-order valence-electron chi connectivity index (χ1n) is 6.03. The summed E-state index contributed by atoms with van der Waals surface area (Å²) in [5.74, 6) is 0.682. The summed E-state index contributed by atoms with van der Waals surface area (Å²) in [5, 5.41) is 3.64. The number of ether oxygens (including phenoxy) is 2. The average Bonchev–Trinajstić information content (AvgIpc) is 2.49. The molecule has 0 aliphatic rings. The Morgan fingerprint density at radius 2 is 1.57 bits per heavy atom. The van der Waals surface area contributed by atoms with Crippen LogP contribution in [0.25, 0.3) is 0 Å². The van der Waals surface area contributed by atoms with Gasteiger partial charge >= 0.3 is 0 Å². The van der Waals surface area contributed by atoms with Gasteiger partial charge in [0.2, 0.25) is 0 Å². The summed E-state index contributed by atoms with van der Waals surface area (Å²) < 4.78 is 10.3. The normalized spacial score (nSPS) is 10.1. The number of nitrogens with one attached hydrogen (secondary N) is 1. The van der Waals surface area contributed by atoms with E-state index in [-0.39, 0.29) is 5.91 Å². The molecule has 110 valence electrons. The quantitative estimate of drug-likeness (QED) is 0.913. The Balaban J connectivity index is 2.26. The molecule has 0 saturated heterocycles. The number of carbonyl (C=O) groups excluding carboxylic acids is 1. The van der Waals surface area contributed by atoms with Crippen molar-refractivity contribution in [1.82, 2.24) is 0 Å². The smallest absolute Gasteiger partial charge is 0.255 e. The predicted octanol–water partition coefficient (Wildman–Crippen LogP) is 4.26. The molecule has 0 atom stereocenters. The van der Waals surface area contributed by atoms with Crippen molar-refractivity contribution in [2.75, 3.05) is 19.5 Å². The Morgan fingerprint density at radius 3 is 2.14 bits per heavy atom. The summed E-state index contributed by atoms with van der Waals surface area (Å²) in [6.07, 6.45) is 0. The van der Waals surface area contributed by atoms with Crippen molar-refractivity contribution in [3.63, 3.8) is 0 Å². The first-order valence-corrected chi connectivity index (χ1v) is 6.79. The fraction of sp³-hybridized carbons (Fsp3) is 0.133. The van der Waals surface area contributed by atoms with Gasteiger partial charge in [-0.15, -0.1) is 0 Å². The summed E-state index contributed by atoms with van der Waals surface area (Å²) in [4.78, 5) is 12.1. The summed E-state index contributed by atoms with van der Waals surface area (Å²) in [6, 6.07) is 9.74. The van der Waals surface area contributed by atoms with Crippen LogP contribution in [0.2, 0.25) is 10.0 Å². The second-order valence-corrected chi connectivity index (χ2v) is 4.99. The standard InChI is InChI=1S/C15H13Cl2NO3/c1-20-13-7-11(17)12(8-14(13)21-2)18-15(19)9-3-5-10(16)6-4-9/h3-8H,1-2H3,(H,18,19). The van der Waals surface area contributed by atoms with Gasteiger partial charge in [-0.3, -0.25) is 4.79 Å². The van der Waals surface area contributed by atoms with E-state index in [2.05, 4.69) is 5.32 Å². The Hall–Kier alpha value is -1.91. The van der Waals surface area contributed by atoms with Crippen LogP contribution >= 0.6 is 23.2 Å². The minimum atomic E-state index is -0.291. The third-order valence-corrected chi connectivity index (χ3v) is 3.39. The number of methoxy groups -OCH3 is 2. The van der Waals surface area contributed by atoms with Crippen LogP contribution in [0, 0.1) is 0 Å². The molecule has 2 rings (SSSR count). The molecule has 0 aliphatic carbocycles. The molecule has 2 aromatic carbocycles. The molecule has 0 bridgehead atoms. The zero-order valence-electron chi connectivity index (χ0n) is 11.4. The van der Waals surface area contributed by atoms with Gasteiger partial charge in [-0.2, -0.15) is 0 Å². The molecule has 0 heterocycles. The topological polar surface area (TPSA) is 47.6 Å². The molecule has 0 saturated carbocycles. The lowest BCUT2D eigenvalue weighted by atomic mass is 10.2. The maximum Gasteiger partial charge on any atom is 0.255 e. The highest BCUT2D eigenvalue weighted by molar-refractivity contribution is 6.34. The van der Waals surface area contributed by atoms with E-state index in [1.807, 2.05) is 0 Å². The van der Waals surface area contributed by atoms with E-state index in [1.165, 1.54) is 14.2 Å². The largest absolute Gasteiger partial charge is 0.493 e. The molecule has 0 unspecified atom stereocenters. The number of rotatable bonds is 4. The van der Waals surface area contributed by atoms with E-state index in [9.17, 15) is 4.79 Å². The molecule has 0 aromatic heterocycles. The molecule has 21 heavy (non-hydrogen) atoms. The van der Waals surface area contributed by atoms with Crippen LogP contribution in [0.1, 0.15) is 10.4 Å². The third kappa shape index (κ3) is 3.60. The number of benzene rings is 2. The number of halogens is 2. The van der Waals surface area contributed by atoms with Crippen molar-refractivity contribution >= 4 is 34.8 Å². The van der Waals surface area contributed by atoms with Gasteiger partial charge in [-0.05, 0) is 24.3 Å². The van der Waals surface area contributed by atoms with Crippen molar-refractivity contribution in [1.29, 1.82) is 0 Å². The zero-order valence-corrected chi connectivity index (χ0v) is 13.0. The zero-order chi connectivity index (χ0) is 15.4. The summed E-state index contributed by atoms with van der Waals surface area (Å²) >= 11 is 11.9. The van der Waals surface area contributed by atoms with E-state index in [1.54, 1.807) is 36.4 Å². The molecule has 0 aliphatic heterocycles. The number of amides is 1. The molecule has 2 aromatic rings. The van der Waals surface area contributed by atoms with Gasteiger partial charge in [0.15, 0.2) is 11.5 Å². The van der Waals surface area contributed by atoms with Crippen LogP contribution in [0.15, 0.2) is 36.4 Å². The number of anilines is 1. The molecule has 0 spiro atoms. The van der Waals surface area contributed by atoms with Crippen LogP contribution in [0.3, 0.4) is 0 Å². The fourth-order valence-corrected chi connectivity index (χ4v) is 2.07. The maximum atomic E-state index is 12.1. The van der Waals surface area contributed by atoms with Gasteiger partial charge in [0, 0.05) is 22.7 Å². The third-order valence-electron chi connectivity index (χ3n) is 2.83. The van der Waals surface area contributed by atoms with Gasteiger partial charge in [0.05, 0.1) is 24.9 Å². The van der Waals surface area contributed by atoms with Crippen molar-refractivity contribution < 1.29 is 14.3 Å². The average molecular weight is 326 g/mol. The minimum absolute atomic E-state index is 0.291. The summed E-state index contributed by atoms with van der Waals surface area (Å²) in [6.45, 7) is 0. The number of hydrogen-bond acceptors (Lipinski definition) is 3. The van der Waals surface area contributed by atoms with Crippen LogP contribution in [0.5, 0.6) is 11.5 Å². The van der Waals surface area contributed by atoms with Crippen LogP contribution in [-0.2, 0) is 0 Å². The molecular weight excluding hydrogens is 313 g/mol. The maximum absolute atomic E-state index is 12.1. The van der Waals surface area contributed by atoms with E-state index >= 15 is 0 Å². The van der Waals surface area contributed by atoms with E-state index < -0.39 is 0 Å².